The van der Waals surface area contributed by atoms with Crippen LogP contribution in [0.1, 0.15) is 39.5 Å². The van der Waals surface area contributed by atoms with E-state index in [2.05, 4.69) is 22.5 Å². The minimum Gasteiger partial charge on any atom is -0.393 e. The fourth-order valence-electron chi connectivity index (χ4n) is 2.25. The molecule has 0 saturated carbocycles. The van der Waals surface area contributed by atoms with E-state index in [-0.39, 0.29) is 12.1 Å². The highest BCUT2D eigenvalue weighted by Gasteiger charge is 2.14. The van der Waals surface area contributed by atoms with Gasteiger partial charge in [-0.1, -0.05) is 6.92 Å². The fraction of sp³-hybridized carbons (Fsp3) is 0.929. The van der Waals surface area contributed by atoms with Gasteiger partial charge in [0, 0.05) is 13.1 Å². The Balaban J connectivity index is 1.94. The number of likely N-dealkylation sites (tertiary alicyclic amines) is 1. The van der Waals surface area contributed by atoms with Crippen molar-refractivity contribution in [3.8, 4) is 0 Å². The summed E-state index contributed by atoms with van der Waals surface area (Å²) < 4.78 is 0. The predicted octanol–water partition coefficient (Wildman–Crippen LogP) is 1.18. The highest BCUT2D eigenvalue weighted by Crippen LogP contribution is 2.15. The minimum atomic E-state index is -0.359. The zero-order valence-electron chi connectivity index (χ0n) is 12.3. The van der Waals surface area contributed by atoms with Gasteiger partial charge in [0.05, 0.1) is 6.10 Å². The lowest BCUT2D eigenvalue weighted by Crippen LogP contribution is -2.39. The molecule has 1 unspecified atom stereocenters. The molecule has 0 bridgehead atoms. The van der Waals surface area contributed by atoms with Gasteiger partial charge in [0.2, 0.25) is 0 Å². The van der Waals surface area contributed by atoms with Crippen molar-refractivity contribution in [1.82, 2.24) is 15.5 Å². The fourth-order valence-corrected chi connectivity index (χ4v) is 2.25. The number of urea groups is 1. The van der Waals surface area contributed by atoms with E-state index >= 15 is 0 Å². The lowest BCUT2D eigenvalue weighted by atomic mass is 9.99. The molecule has 5 heteroatoms. The Morgan fingerprint density at radius 1 is 1.32 bits per heavy atom. The summed E-state index contributed by atoms with van der Waals surface area (Å²) in [4.78, 5) is 13.9. The van der Waals surface area contributed by atoms with E-state index in [9.17, 15) is 4.79 Å². The lowest BCUT2D eigenvalue weighted by Gasteiger charge is -2.30. The number of amides is 2. The molecule has 0 spiro atoms. The summed E-state index contributed by atoms with van der Waals surface area (Å²) in [6.45, 7) is 8.74. The van der Waals surface area contributed by atoms with Gasteiger partial charge in [0.1, 0.15) is 0 Å². The number of aliphatic hydroxyl groups excluding tert-OH is 1. The largest absolute Gasteiger partial charge is 0.393 e. The Morgan fingerprint density at radius 3 is 2.58 bits per heavy atom. The van der Waals surface area contributed by atoms with E-state index in [1.165, 1.54) is 25.9 Å². The Hall–Kier alpha value is -0.810. The van der Waals surface area contributed by atoms with Gasteiger partial charge in [0.15, 0.2) is 0 Å². The van der Waals surface area contributed by atoms with Gasteiger partial charge < -0.3 is 20.6 Å². The molecule has 0 aromatic carbocycles. The number of hydrogen-bond acceptors (Lipinski definition) is 3. The molecule has 0 aromatic rings. The highest BCUT2D eigenvalue weighted by molar-refractivity contribution is 5.73. The smallest absolute Gasteiger partial charge is 0.314 e. The Morgan fingerprint density at radius 2 is 1.95 bits per heavy atom. The first-order chi connectivity index (χ1) is 9.08. The molecule has 1 fully saturated rings. The number of carbonyl (C=O) groups excluding carboxylic acids is 1. The molecular formula is C14H29N3O2. The SMILES string of the molecule is CC(O)CCNC(=O)NCCCN1CCC(C)CC1. The Labute approximate surface area is 116 Å². The van der Waals surface area contributed by atoms with Crippen molar-refractivity contribution < 1.29 is 9.90 Å². The topological polar surface area (TPSA) is 64.6 Å². The van der Waals surface area contributed by atoms with E-state index < -0.39 is 0 Å². The zero-order valence-corrected chi connectivity index (χ0v) is 12.3. The summed E-state index contributed by atoms with van der Waals surface area (Å²) in [5.74, 6) is 0.870. The number of nitrogens with one attached hydrogen (secondary N) is 2. The Bertz CT molecular complexity index is 251. The quantitative estimate of drug-likeness (QED) is 0.609. The molecule has 112 valence electrons. The number of carbonyl (C=O) groups is 1. The van der Waals surface area contributed by atoms with Gasteiger partial charge in [-0.25, -0.2) is 4.79 Å². The van der Waals surface area contributed by atoms with Crippen LogP contribution in [0.5, 0.6) is 0 Å². The van der Waals surface area contributed by atoms with Crippen molar-refractivity contribution in [2.24, 2.45) is 5.92 Å². The molecule has 1 saturated heterocycles. The van der Waals surface area contributed by atoms with E-state index in [0.717, 1.165) is 18.9 Å². The van der Waals surface area contributed by atoms with Crippen LogP contribution in [0, 0.1) is 5.92 Å². The van der Waals surface area contributed by atoms with Crippen LogP contribution in [-0.4, -0.2) is 54.9 Å². The summed E-state index contributed by atoms with van der Waals surface area (Å²) in [6, 6.07) is -0.132. The van der Waals surface area contributed by atoms with Crippen molar-refractivity contribution >= 4 is 6.03 Å². The van der Waals surface area contributed by atoms with E-state index in [4.69, 9.17) is 5.11 Å². The number of piperidine rings is 1. The maximum Gasteiger partial charge on any atom is 0.314 e. The number of hydrogen-bond donors (Lipinski definition) is 3. The molecule has 0 radical (unpaired) electrons. The predicted molar refractivity (Wildman–Crippen MR) is 77.2 cm³/mol. The first kappa shape index (κ1) is 16.2. The summed E-state index contributed by atoms with van der Waals surface area (Å²) in [6.07, 6.45) is 3.83. The third-order valence-electron chi connectivity index (χ3n) is 3.66. The van der Waals surface area contributed by atoms with Gasteiger partial charge in [-0.15, -0.1) is 0 Å². The second-order valence-electron chi connectivity index (χ2n) is 5.70. The van der Waals surface area contributed by atoms with Crippen molar-refractivity contribution in [2.75, 3.05) is 32.7 Å². The molecule has 1 heterocycles. The summed E-state index contributed by atoms with van der Waals surface area (Å²) in [5, 5.41) is 14.6. The second kappa shape index (κ2) is 9.15. The third kappa shape index (κ3) is 8.06. The number of nitrogens with zero attached hydrogens (tertiary/aromatic N) is 1. The van der Waals surface area contributed by atoms with Crippen LogP contribution < -0.4 is 10.6 Å². The van der Waals surface area contributed by atoms with Gasteiger partial charge >= 0.3 is 6.03 Å². The van der Waals surface area contributed by atoms with Crippen molar-refractivity contribution in [1.29, 1.82) is 0 Å². The summed E-state index contributed by atoms with van der Waals surface area (Å²) >= 11 is 0. The molecule has 1 rings (SSSR count). The highest BCUT2D eigenvalue weighted by atomic mass is 16.3. The standard InChI is InChI=1S/C14H29N3O2/c1-12-5-10-17(11-6-12)9-3-7-15-14(19)16-8-4-13(2)18/h12-13,18H,3-11H2,1-2H3,(H2,15,16,19). The van der Waals surface area contributed by atoms with Gasteiger partial charge in [-0.3, -0.25) is 0 Å². The van der Waals surface area contributed by atoms with E-state index in [0.29, 0.717) is 19.5 Å². The monoisotopic (exact) mass is 271 g/mol. The normalized spacial score (nSPS) is 19.1. The van der Waals surface area contributed by atoms with Crippen molar-refractivity contribution in [3.63, 3.8) is 0 Å². The molecular weight excluding hydrogens is 242 g/mol. The lowest BCUT2D eigenvalue weighted by molar-refractivity contribution is 0.182. The van der Waals surface area contributed by atoms with Crippen LogP contribution in [0.25, 0.3) is 0 Å². The molecule has 3 N–H and O–H groups in total. The van der Waals surface area contributed by atoms with Gasteiger partial charge in [-0.2, -0.15) is 0 Å². The minimum absolute atomic E-state index is 0.132. The first-order valence-corrected chi connectivity index (χ1v) is 7.50. The van der Waals surface area contributed by atoms with Crippen LogP contribution in [0.15, 0.2) is 0 Å². The second-order valence-corrected chi connectivity index (χ2v) is 5.70. The van der Waals surface area contributed by atoms with E-state index in [1.54, 1.807) is 6.92 Å². The molecule has 1 aliphatic rings. The zero-order chi connectivity index (χ0) is 14.1. The summed E-state index contributed by atoms with van der Waals surface area (Å²) in [5.41, 5.74) is 0. The maximum absolute atomic E-state index is 11.4. The van der Waals surface area contributed by atoms with E-state index in [1.807, 2.05) is 0 Å². The van der Waals surface area contributed by atoms with Crippen LogP contribution in [0.2, 0.25) is 0 Å². The van der Waals surface area contributed by atoms with Crippen LogP contribution in [0.4, 0.5) is 4.79 Å². The molecule has 1 atom stereocenters. The number of rotatable bonds is 7. The maximum atomic E-state index is 11.4. The number of aliphatic hydroxyl groups is 1. The van der Waals surface area contributed by atoms with Gasteiger partial charge in [0.25, 0.3) is 0 Å². The molecule has 0 aliphatic carbocycles. The molecule has 5 nitrogen and oxygen atoms in total. The van der Waals surface area contributed by atoms with Crippen molar-refractivity contribution in [2.45, 2.75) is 45.6 Å². The molecule has 19 heavy (non-hydrogen) atoms. The van der Waals surface area contributed by atoms with Crippen LogP contribution >= 0.6 is 0 Å². The Kier molecular flexibility index (Phi) is 7.82. The van der Waals surface area contributed by atoms with Crippen LogP contribution in [-0.2, 0) is 0 Å². The first-order valence-electron chi connectivity index (χ1n) is 7.50. The van der Waals surface area contributed by atoms with Crippen LogP contribution in [0.3, 0.4) is 0 Å². The van der Waals surface area contributed by atoms with Gasteiger partial charge in [-0.05, 0) is 58.2 Å². The average Bonchev–Trinajstić information content (AvgIpc) is 2.36. The third-order valence-corrected chi connectivity index (χ3v) is 3.66. The summed E-state index contributed by atoms with van der Waals surface area (Å²) in [7, 11) is 0. The van der Waals surface area contributed by atoms with Crippen molar-refractivity contribution in [3.05, 3.63) is 0 Å². The molecule has 2 amide bonds. The molecule has 1 aliphatic heterocycles. The average molecular weight is 271 g/mol. The molecule has 0 aromatic heterocycles.